The zero-order valence-electron chi connectivity index (χ0n) is 25.0. The normalized spacial score (nSPS) is 24.3. The van der Waals surface area contributed by atoms with Crippen molar-refractivity contribution < 1.29 is 32.2 Å². The maximum atomic E-state index is 13.7. The van der Waals surface area contributed by atoms with Gasteiger partial charge in [0.05, 0.1) is 29.8 Å². The Labute approximate surface area is 264 Å². The van der Waals surface area contributed by atoms with Gasteiger partial charge in [0.25, 0.3) is 0 Å². The van der Waals surface area contributed by atoms with Gasteiger partial charge in [-0.15, -0.1) is 0 Å². The summed E-state index contributed by atoms with van der Waals surface area (Å²) in [6, 6.07) is 12.0. The number of halogens is 3. The molecule has 2 aromatic carbocycles. The summed E-state index contributed by atoms with van der Waals surface area (Å²) in [6.45, 7) is 0.464. The molecule has 3 aliphatic rings. The summed E-state index contributed by atoms with van der Waals surface area (Å²) in [6.07, 6.45) is 8.03. The number of alkyl halides is 3. The van der Waals surface area contributed by atoms with Crippen molar-refractivity contribution in [2.24, 2.45) is 17.6 Å². The Balaban J connectivity index is 1.12. The van der Waals surface area contributed by atoms with Gasteiger partial charge in [0.15, 0.2) is 0 Å². The largest absolute Gasteiger partial charge is 0.445 e. The second-order valence-corrected chi connectivity index (χ2v) is 12.0. The number of nitrogens with two attached hydrogens (primary N) is 1. The molecular weight excluding hydrogens is 599 g/mol. The third-order valence-corrected chi connectivity index (χ3v) is 8.86. The van der Waals surface area contributed by atoms with Gasteiger partial charge in [0, 0.05) is 48.3 Å². The van der Waals surface area contributed by atoms with Crippen LogP contribution in [0.3, 0.4) is 0 Å². The van der Waals surface area contributed by atoms with Crippen LogP contribution in [0.5, 0.6) is 0 Å². The topological polar surface area (TPSA) is 121 Å². The lowest BCUT2D eigenvalue weighted by atomic mass is 9.73. The van der Waals surface area contributed by atoms with Crippen LogP contribution in [0.4, 0.5) is 23.7 Å². The number of alkyl carbamates (subject to hydrolysis) is 1. The number of nitrogens with zero attached hydrogens (tertiary/aromatic N) is 2. The number of allylic oxidation sites excluding steroid dienone is 3. The molecule has 6 atom stereocenters. The summed E-state index contributed by atoms with van der Waals surface area (Å²) >= 11 is 0. The van der Waals surface area contributed by atoms with Crippen LogP contribution in [0.2, 0.25) is 0 Å². The average Bonchev–Trinajstić information content (AvgIpc) is 3.49. The number of benzene rings is 2. The fourth-order valence-corrected chi connectivity index (χ4v) is 6.58. The van der Waals surface area contributed by atoms with E-state index in [4.69, 9.17) is 15.2 Å². The minimum Gasteiger partial charge on any atom is -0.445 e. The third-order valence-electron chi connectivity index (χ3n) is 8.86. The number of aromatic nitrogens is 2. The zero-order chi connectivity index (χ0) is 32.3. The van der Waals surface area contributed by atoms with E-state index in [2.05, 4.69) is 27.8 Å². The number of amides is 2. The van der Waals surface area contributed by atoms with E-state index in [0.29, 0.717) is 29.9 Å². The molecule has 1 aliphatic carbocycles. The highest BCUT2D eigenvalue weighted by Gasteiger charge is 2.45. The molecule has 12 heteroatoms. The minimum atomic E-state index is -4.46. The van der Waals surface area contributed by atoms with Crippen molar-refractivity contribution in [1.82, 2.24) is 14.9 Å². The van der Waals surface area contributed by atoms with Gasteiger partial charge in [-0.25, -0.2) is 9.78 Å². The van der Waals surface area contributed by atoms with E-state index in [1.807, 2.05) is 47.1 Å². The number of hydrogen-bond acceptors (Lipinski definition) is 6. The summed E-state index contributed by atoms with van der Waals surface area (Å²) < 4.78 is 54.7. The van der Waals surface area contributed by atoms with Gasteiger partial charge in [0.2, 0.25) is 5.91 Å². The molecule has 0 saturated carbocycles. The van der Waals surface area contributed by atoms with Gasteiger partial charge < -0.3 is 30.4 Å². The van der Waals surface area contributed by atoms with Crippen molar-refractivity contribution in [2.45, 2.75) is 69.3 Å². The van der Waals surface area contributed by atoms with Crippen LogP contribution >= 0.6 is 0 Å². The maximum Gasteiger partial charge on any atom is 0.416 e. The molecule has 9 nitrogen and oxygen atoms in total. The van der Waals surface area contributed by atoms with E-state index >= 15 is 0 Å². The van der Waals surface area contributed by atoms with Crippen LogP contribution < -0.4 is 16.4 Å². The van der Waals surface area contributed by atoms with Crippen LogP contribution in [0, 0.1) is 11.8 Å². The van der Waals surface area contributed by atoms with Crippen molar-refractivity contribution in [1.29, 1.82) is 0 Å². The summed E-state index contributed by atoms with van der Waals surface area (Å²) in [4.78, 5) is 28.8. The Morgan fingerprint density at radius 1 is 1.15 bits per heavy atom. The fraction of sp³-hybridized carbons (Fsp3) is 0.382. The number of fused-ring (bicyclic) bond motifs is 3. The zero-order valence-corrected chi connectivity index (χ0v) is 25.0. The van der Waals surface area contributed by atoms with Crippen molar-refractivity contribution in [3.05, 3.63) is 108 Å². The van der Waals surface area contributed by atoms with E-state index in [1.54, 1.807) is 12.5 Å². The number of primary amides is 1. The lowest BCUT2D eigenvalue weighted by Gasteiger charge is -2.47. The summed E-state index contributed by atoms with van der Waals surface area (Å²) in [5, 5.41) is 6.05. The monoisotopic (exact) mass is 635 g/mol. The van der Waals surface area contributed by atoms with Gasteiger partial charge in [0.1, 0.15) is 12.6 Å². The van der Waals surface area contributed by atoms with Crippen LogP contribution in [0.1, 0.15) is 47.8 Å². The molecule has 46 heavy (non-hydrogen) atoms. The molecule has 0 radical (unpaired) electrons. The molecule has 242 valence electrons. The van der Waals surface area contributed by atoms with Crippen molar-refractivity contribution in [2.75, 3.05) is 5.32 Å². The molecule has 2 aliphatic heterocycles. The fourth-order valence-electron chi connectivity index (χ4n) is 6.58. The van der Waals surface area contributed by atoms with E-state index in [-0.39, 0.29) is 37.0 Å². The number of ether oxygens (including phenoxy) is 2. The first-order valence-electron chi connectivity index (χ1n) is 15.4. The predicted molar refractivity (Wildman–Crippen MR) is 164 cm³/mol. The summed E-state index contributed by atoms with van der Waals surface area (Å²) in [7, 11) is 0. The molecule has 3 aromatic rings. The molecule has 1 saturated heterocycles. The number of imidazole rings is 1. The van der Waals surface area contributed by atoms with Crippen LogP contribution in [0.15, 0.2) is 85.4 Å². The Bertz CT molecular complexity index is 1610. The van der Waals surface area contributed by atoms with Gasteiger partial charge in [-0.3, -0.25) is 4.79 Å². The second kappa shape index (κ2) is 13.4. The quantitative estimate of drug-likeness (QED) is 0.278. The second-order valence-electron chi connectivity index (χ2n) is 12.0. The standard InChI is InChI=1S/C34H36F3N5O4/c35-34(36,37)23-11-14-28-27(15-23)31-26(30(40-28)22-9-5-2-6-10-22)13-12-25(46-31)18-42-17-24(39-20-42)16-29(32(38)43)41-33(44)45-19-21-7-3-1-4-8-21/h1-9,11,14-15,17,20,22,25-26,29-31,40H,10,12-13,16,18-19H2,(H2,38,43)(H,41,44)/t22?,25-,26+,29+,30+,31+/m1/s1. The van der Waals surface area contributed by atoms with Crippen LogP contribution in [-0.4, -0.2) is 39.7 Å². The highest BCUT2D eigenvalue weighted by atomic mass is 19.4. The number of anilines is 1. The lowest BCUT2D eigenvalue weighted by Crippen LogP contribution is -2.47. The van der Waals surface area contributed by atoms with Gasteiger partial charge in [-0.1, -0.05) is 54.6 Å². The molecule has 6 rings (SSSR count). The lowest BCUT2D eigenvalue weighted by molar-refractivity contribution is -0.138. The van der Waals surface area contributed by atoms with Gasteiger partial charge >= 0.3 is 12.3 Å². The van der Waals surface area contributed by atoms with E-state index in [1.165, 1.54) is 12.1 Å². The molecule has 0 bridgehead atoms. The number of rotatable bonds is 9. The van der Waals surface area contributed by atoms with Crippen molar-refractivity contribution in [3.8, 4) is 0 Å². The first kappa shape index (κ1) is 31.4. The smallest absolute Gasteiger partial charge is 0.416 e. The van der Waals surface area contributed by atoms with Crippen LogP contribution in [0.25, 0.3) is 0 Å². The SMILES string of the molecule is NC(=O)[C@H](Cc1cn(C[C@H]2CC[C@@H]3[C@H](O2)c2cc(C(F)(F)F)ccc2N[C@H]3C2C=CC=CC2)cn1)NC(=O)OCc1ccccc1. The Kier molecular flexibility index (Phi) is 9.16. The highest BCUT2D eigenvalue weighted by molar-refractivity contribution is 5.84. The summed E-state index contributed by atoms with van der Waals surface area (Å²) in [5.74, 6) is -0.531. The van der Waals surface area contributed by atoms with Gasteiger partial charge in [-0.05, 0) is 43.0 Å². The van der Waals surface area contributed by atoms with Crippen molar-refractivity contribution in [3.63, 3.8) is 0 Å². The molecular formula is C34H36F3N5O4. The number of nitrogens with one attached hydrogen (secondary N) is 2. The Morgan fingerprint density at radius 2 is 1.98 bits per heavy atom. The molecule has 1 fully saturated rings. The average molecular weight is 636 g/mol. The van der Waals surface area contributed by atoms with Crippen molar-refractivity contribution >= 4 is 17.7 Å². The molecule has 1 unspecified atom stereocenters. The molecule has 0 spiro atoms. The maximum absolute atomic E-state index is 13.7. The number of carbonyl (C=O) groups excluding carboxylic acids is 2. The molecule has 3 heterocycles. The van der Waals surface area contributed by atoms with Gasteiger partial charge in [-0.2, -0.15) is 13.2 Å². The minimum absolute atomic E-state index is 0.00391. The Morgan fingerprint density at radius 3 is 2.72 bits per heavy atom. The number of carbonyl (C=O) groups is 2. The highest BCUT2D eigenvalue weighted by Crippen LogP contribution is 2.49. The molecule has 4 N–H and O–H groups in total. The predicted octanol–water partition coefficient (Wildman–Crippen LogP) is 5.69. The van der Waals surface area contributed by atoms with Crippen LogP contribution in [-0.2, 0) is 40.0 Å². The third kappa shape index (κ3) is 7.28. The molecule has 2 amide bonds. The first-order valence-corrected chi connectivity index (χ1v) is 15.4. The van der Waals surface area contributed by atoms with E-state index < -0.39 is 35.9 Å². The van der Waals surface area contributed by atoms with E-state index in [9.17, 15) is 22.8 Å². The first-order chi connectivity index (χ1) is 22.1. The molecule has 1 aromatic heterocycles. The number of hydrogen-bond donors (Lipinski definition) is 3. The summed E-state index contributed by atoms with van der Waals surface area (Å²) in [5.41, 5.74) is 7.38. The van der Waals surface area contributed by atoms with E-state index in [0.717, 1.165) is 24.5 Å². The Hall–Kier alpha value is -4.58.